The quantitative estimate of drug-likeness (QED) is 0.0558. The van der Waals surface area contributed by atoms with Crippen LogP contribution in [0, 0.1) is 17.0 Å². The zero-order chi connectivity index (χ0) is 40.8. The monoisotopic (exact) mass is 833 g/mol. The minimum Gasteiger partial charge on any atom is -0.493 e. The number of amides is 2. The molecule has 3 aliphatic rings. The molecule has 3 heterocycles. The van der Waals surface area contributed by atoms with Crippen molar-refractivity contribution in [3.63, 3.8) is 0 Å². The minimum atomic E-state index is -0.810. The number of aryl methyl sites for hydroxylation is 1. The lowest BCUT2D eigenvalue weighted by molar-refractivity contribution is -0.385. The number of hydrogen-bond acceptors (Lipinski definition) is 9. The Morgan fingerprint density at radius 2 is 1.55 bits per heavy atom. The van der Waals surface area contributed by atoms with Crippen LogP contribution < -0.4 is 28.7 Å². The highest BCUT2D eigenvalue weighted by molar-refractivity contribution is 8.43. The lowest BCUT2D eigenvalue weighted by atomic mass is 10.1. The lowest BCUT2D eigenvalue weighted by Gasteiger charge is -2.31. The van der Waals surface area contributed by atoms with Gasteiger partial charge >= 0.3 is 0 Å². The fraction of sp³-hybridized carbons (Fsp3) is 0.233. The number of fused-ring (bicyclic) bond motifs is 5. The van der Waals surface area contributed by atoms with E-state index in [9.17, 15) is 19.7 Å². The number of methoxy groups -OCH3 is 1. The van der Waals surface area contributed by atoms with Crippen molar-refractivity contribution in [2.45, 2.75) is 52.0 Å². The van der Waals surface area contributed by atoms with Gasteiger partial charge in [0.2, 0.25) is 0 Å². The van der Waals surface area contributed by atoms with Crippen LogP contribution in [0.1, 0.15) is 55.5 Å². The van der Waals surface area contributed by atoms with Crippen LogP contribution in [0.15, 0.2) is 96.0 Å². The van der Waals surface area contributed by atoms with Crippen molar-refractivity contribution in [2.24, 2.45) is 4.99 Å². The average Bonchev–Trinajstić information content (AvgIpc) is 3.73. The molecule has 5 aromatic rings. The molecule has 0 spiro atoms. The van der Waals surface area contributed by atoms with Crippen molar-refractivity contribution in [2.75, 3.05) is 28.1 Å². The summed E-state index contributed by atoms with van der Waals surface area (Å²) in [4.78, 5) is 47.6. The summed E-state index contributed by atoms with van der Waals surface area (Å²) in [5.41, 5.74) is 7.78. The highest BCUT2D eigenvalue weighted by atomic mass is 32.4. The predicted molar refractivity (Wildman–Crippen MR) is 236 cm³/mol. The SMILES string of the molecule is C=Nc1cc(OCc2cc(COc3cc4c(cc3OC)C(=O)N3c5ccccc5C[C@H]3CN4P(P)P)cc([N+](=O)[O-])c2)c(C)cc1C(=O)N1c2ccccc2C[C@H]1C. The molecule has 5 aromatic carbocycles. The van der Waals surface area contributed by atoms with Crippen LogP contribution in [-0.2, 0) is 26.1 Å². The molecule has 296 valence electrons. The van der Waals surface area contributed by atoms with E-state index in [1.54, 1.807) is 29.2 Å². The van der Waals surface area contributed by atoms with Gasteiger partial charge in [-0.05, 0) is 91.6 Å². The molecule has 0 aromatic heterocycles. The van der Waals surface area contributed by atoms with Gasteiger partial charge in [-0.1, -0.05) is 54.3 Å². The average molecular weight is 834 g/mol. The smallest absolute Gasteiger partial charge is 0.270 e. The molecule has 2 amide bonds. The Morgan fingerprint density at radius 3 is 2.21 bits per heavy atom. The number of hydrogen-bond donors (Lipinski definition) is 0. The number of ether oxygens (including phenoxy) is 3. The Balaban J connectivity index is 1.03. The number of para-hydroxylation sites is 2. The topological polar surface area (TPSA) is 127 Å². The van der Waals surface area contributed by atoms with Gasteiger partial charge in [0.15, 0.2) is 11.5 Å². The van der Waals surface area contributed by atoms with Crippen molar-refractivity contribution in [3.05, 3.63) is 140 Å². The summed E-state index contributed by atoms with van der Waals surface area (Å²) in [5, 5.41) is 12.1. The van der Waals surface area contributed by atoms with E-state index in [-0.39, 0.29) is 42.8 Å². The highest BCUT2D eigenvalue weighted by Crippen LogP contribution is 2.60. The van der Waals surface area contributed by atoms with Crippen LogP contribution in [0.25, 0.3) is 0 Å². The largest absolute Gasteiger partial charge is 0.493 e. The van der Waals surface area contributed by atoms with Crippen LogP contribution in [0.3, 0.4) is 0 Å². The van der Waals surface area contributed by atoms with Crippen molar-refractivity contribution in [1.29, 1.82) is 0 Å². The number of nitrogens with zero attached hydrogens (tertiary/aromatic N) is 5. The van der Waals surface area contributed by atoms with Gasteiger partial charge in [-0.2, -0.15) is 0 Å². The first kappa shape index (κ1) is 39.4. The van der Waals surface area contributed by atoms with Crippen molar-refractivity contribution in [3.8, 4) is 17.2 Å². The van der Waals surface area contributed by atoms with E-state index in [4.69, 9.17) is 14.2 Å². The van der Waals surface area contributed by atoms with Gasteiger partial charge in [-0.15, -0.1) is 0 Å². The molecule has 0 saturated heterocycles. The molecule has 0 N–H and O–H groups in total. The van der Waals surface area contributed by atoms with E-state index in [1.165, 1.54) is 19.2 Å². The Kier molecular flexibility index (Phi) is 10.9. The molecule has 0 fully saturated rings. The molecular formula is C43H42N5O7P3. The number of nitro benzene ring substituents is 1. The van der Waals surface area contributed by atoms with Crippen LogP contribution in [0.5, 0.6) is 17.2 Å². The third kappa shape index (κ3) is 7.30. The van der Waals surface area contributed by atoms with Crippen LogP contribution in [0.4, 0.5) is 28.4 Å². The summed E-state index contributed by atoms with van der Waals surface area (Å²) >= 11 is 0. The molecule has 4 atom stereocenters. The van der Waals surface area contributed by atoms with Gasteiger partial charge < -0.3 is 28.7 Å². The molecule has 58 heavy (non-hydrogen) atoms. The predicted octanol–water partition coefficient (Wildman–Crippen LogP) is 9.36. The Bertz CT molecular complexity index is 2500. The van der Waals surface area contributed by atoms with Gasteiger partial charge in [-0.3, -0.25) is 24.7 Å². The first-order chi connectivity index (χ1) is 27.9. The summed E-state index contributed by atoms with van der Waals surface area (Å²) in [6.07, 6.45) is 1.52. The zero-order valence-corrected chi connectivity index (χ0v) is 35.5. The van der Waals surface area contributed by atoms with E-state index in [0.29, 0.717) is 57.3 Å². The Hall–Kier alpha value is -5.40. The second kappa shape index (κ2) is 16.1. The number of non-ortho nitro benzene ring substituents is 1. The fourth-order valence-electron chi connectivity index (χ4n) is 8.21. The van der Waals surface area contributed by atoms with E-state index >= 15 is 0 Å². The van der Waals surface area contributed by atoms with Crippen LogP contribution in [-0.4, -0.2) is 49.2 Å². The third-order valence-corrected chi connectivity index (χ3v) is 13.5. The van der Waals surface area contributed by atoms with Gasteiger partial charge in [0.25, 0.3) is 17.5 Å². The maximum atomic E-state index is 14.2. The van der Waals surface area contributed by atoms with Crippen LogP contribution >= 0.6 is 25.3 Å². The molecule has 8 rings (SSSR count). The second-order valence-corrected chi connectivity index (χ2v) is 20.8. The maximum Gasteiger partial charge on any atom is 0.270 e. The summed E-state index contributed by atoms with van der Waals surface area (Å²) < 4.78 is 20.5. The molecular weight excluding hydrogens is 791 g/mol. The number of carbonyl (C=O) groups is 2. The first-order valence-electron chi connectivity index (χ1n) is 18.7. The molecule has 2 unspecified atom stereocenters. The summed E-state index contributed by atoms with van der Waals surface area (Å²) in [5.74, 6) is 0.971. The van der Waals surface area contributed by atoms with Crippen molar-refractivity contribution < 1.29 is 28.7 Å². The third-order valence-electron chi connectivity index (χ3n) is 10.9. The zero-order valence-electron chi connectivity index (χ0n) is 32.3. The summed E-state index contributed by atoms with van der Waals surface area (Å²) in [6.45, 7) is 8.20. The normalized spacial score (nSPS) is 16.7. The number of carbonyl (C=O) groups excluding carboxylic acids is 2. The fourth-order valence-corrected chi connectivity index (χ4v) is 10.3. The van der Waals surface area contributed by atoms with Gasteiger partial charge in [0.1, 0.15) is 19.0 Å². The number of nitro groups is 1. The minimum absolute atomic E-state index is 0.00183. The molecule has 12 nitrogen and oxygen atoms in total. The van der Waals surface area contributed by atoms with Crippen molar-refractivity contribution in [1.82, 2.24) is 0 Å². The second-order valence-electron chi connectivity index (χ2n) is 14.6. The Labute approximate surface area is 342 Å². The molecule has 0 saturated carbocycles. The van der Waals surface area contributed by atoms with Gasteiger partial charge in [0, 0.05) is 55.7 Å². The van der Waals surface area contributed by atoms with E-state index in [0.717, 1.165) is 41.0 Å². The number of rotatable bonds is 11. The van der Waals surface area contributed by atoms with Crippen molar-refractivity contribution >= 4 is 72.3 Å². The number of anilines is 3. The lowest BCUT2D eigenvalue weighted by Crippen LogP contribution is -2.40. The van der Waals surface area contributed by atoms with Gasteiger partial charge in [-0.25, -0.2) is 0 Å². The molecule has 0 aliphatic carbocycles. The molecule has 3 aliphatic heterocycles. The molecule has 0 radical (unpaired) electrons. The standard InChI is InChI=1S/C43H42N5O7P3/c1-25-13-33(42(49)46-26(2)14-29-9-5-7-11-36(29)46)35(44-3)20-39(25)54-23-27-15-28(17-31(16-27)48(51)52)24-55-41-21-38-34(19-40(41)53-4)43(50)47-32(22-45(38)58(56)57)18-30-10-6-8-12-37(30)47/h5-13,15-17,19-21,26,32H,3,14,18,22-24,56-57H2,1-2,4H3/t26-,32+/m1/s1. The van der Waals surface area contributed by atoms with Gasteiger partial charge in [0.05, 0.1) is 40.6 Å². The number of benzene rings is 5. The molecule has 0 bridgehead atoms. The first-order valence-corrected chi connectivity index (χ1v) is 23.2. The Morgan fingerprint density at radius 1 is 0.897 bits per heavy atom. The van der Waals surface area contributed by atoms with E-state index < -0.39 is 12.4 Å². The van der Waals surface area contributed by atoms with E-state index in [1.807, 2.05) is 67.3 Å². The highest BCUT2D eigenvalue weighted by Gasteiger charge is 2.41. The van der Waals surface area contributed by atoms with E-state index in [2.05, 4.69) is 40.3 Å². The summed E-state index contributed by atoms with van der Waals surface area (Å²) in [7, 11) is 6.44. The summed E-state index contributed by atoms with van der Waals surface area (Å²) in [6, 6.07) is 27.6. The number of aliphatic imine (C=N–C) groups is 1. The van der Waals surface area contributed by atoms with Crippen LogP contribution in [0.2, 0.25) is 0 Å². The molecule has 15 heteroatoms. The maximum absolute atomic E-state index is 14.2.